The van der Waals surface area contributed by atoms with Gasteiger partial charge in [0.05, 0.1) is 5.54 Å². The van der Waals surface area contributed by atoms with Crippen LogP contribution in [0.1, 0.15) is 55.9 Å². The van der Waals surface area contributed by atoms with E-state index in [1.54, 1.807) is 0 Å². The zero-order valence-electron chi connectivity index (χ0n) is 13.7. The van der Waals surface area contributed by atoms with Gasteiger partial charge in [-0.2, -0.15) is 4.98 Å². The Morgan fingerprint density at radius 3 is 2.52 bits per heavy atom. The Balaban J connectivity index is 0.00000192. The van der Waals surface area contributed by atoms with Crippen LogP contribution in [0.5, 0.6) is 0 Å². The molecule has 6 heteroatoms. The maximum absolute atomic E-state index is 6.44. The largest absolute Gasteiger partial charge is 0.337 e. The first-order valence-electron chi connectivity index (χ1n) is 8.02. The van der Waals surface area contributed by atoms with Gasteiger partial charge in [0.1, 0.15) is 6.04 Å². The molecule has 0 amide bonds. The van der Waals surface area contributed by atoms with Gasteiger partial charge in [-0.25, -0.2) is 0 Å². The van der Waals surface area contributed by atoms with Crippen molar-refractivity contribution in [1.82, 2.24) is 15.0 Å². The maximum Gasteiger partial charge on any atom is 0.248 e. The Hall–Kier alpha value is -1.43. The van der Waals surface area contributed by atoms with Crippen LogP contribution in [0.3, 0.4) is 0 Å². The topological polar surface area (TPSA) is 68.2 Å². The van der Waals surface area contributed by atoms with Crippen LogP contribution in [-0.4, -0.2) is 28.6 Å². The van der Waals surface area contributed by atoms with Crippen molar-refractivity contribution in [3.05, 3.63) is 47.6 Å². The second-order valence-corrected chi connectivity index (χ2v) is 6.21. The normalized spacial score (nSPS) is 17.9. The lowest BCUT2D eigenvalue weighted by Crippen LogP contribution is -2.34. The average molecular weight is 337 g/mol. The molecule has 0 spiro atoms. The SMILES string of the molecule is CCN(C)C(c1ccccc1)c1nc(C2(N)CCCC2)no1.Cl. The summed E-state index contributed by atoms with van der Waals surface area (Å²) in [4.78, 5) is 6.86. The minimum atomic E-state index is -0.409. The van der Waals surface area contributed by atoms with E-state index in [2.05, 4.69) is 41.1 Å². The molecular weight excluding hydrogens is 312 g/mol. The van der Waals surface area contributed by atoms with E-state index in [1.807, 2.05) is 18.2 Å². The molecule has 2 N–H and O–H groups in total. The van der Waals surface area contributed by atoms with Crippen LogP contribution in [0.4, 0.5) is 0 Å². The minimum absolute atomic E-state index is 0. The van der Waals surface area contributed by atoms with Gasteiger partial charge in [-0.15, -0.1) is 12.4 Å². The highest BCUT2D eigenvalue weighted by atomic mass is 35.5. The van der Waals surface area contributed by atoms with Crippen molar-refractivity contribution in [2.45, 2.75) is 44.2 Å². The highest BCUT2D eigenvalue weighted by Crippen LogP contribution is 2.36. The Morgan fingerprint density at radius 1 is 1.26 bits per heavy atom. The standard InChI is InChI=1S/C17H24N4O.ClH/c1-3-21(2)14(13-9-5-4-6-10-13)15-19-16(20-22-15)17(18)11-7-8-12-17;/h4-6,9-10,14H,3,7-8,11-12,18H2,1-2H3;1H. The average Bonchev–Trinajstić information content (AvgIpc) is 3.19. The van der Waals surface area contributed by atoms with E-state index in [9.17, 15) is 0 Å². The van der Waals surface area contributed by atoms with Crippen LogP contribution in [0.2, 0.25) is 0 Å². The van der Waals surface area contributed by atoms with Crippen molar-refractivity contribution in [2.24, 2.45) is 5.73 Å². The molecule has 126 valence electrons. The fraction of sp³-hybridized carbons (Fsp3) is 0.529. The molecule has 1 aromatic heterocycles. The lowest BCUT2D eigenvalue weighted by atomic mass is 9.98. The Morgan fingerprint density at radius 2 is 1.91 bits per heavy atom. The summed E-state index contributed by atoms with van der Waals surface area (Å²) >= 11 is 0. The lowest BCUT2D eigenvalue weighted by molar-refractivity contribution is 0.233. The first-order valence-corrected chi connectivity index (χ1v) is 8.02. The van der Waals surface area contributed by atoms with Crippen molar-refractivity contribution in [3.63, 3.8) is 0 Å². The number of benzene rings is 1. The molecule has 1 unspecified atom stereocenters. The lowest BCUT2D eigenvalue weighted by Gasteiger charge is -2.24. The summed E-state index contributed by atoms with van der Waals surface area (Å²) in [5, 5.41) is 4.20. The fourth-order valence-electron chi connectivity index (χ4n) is 3.18. The highest BCUT2D eigenvalue weighted by Gasteiger charge is 2.37. The molecule has 3 rings (SSSR count). The van der Waals surface area contributed by atoms with Gasteiger partial charge in [0.25, 0.3) is 0 Å². The van der Waals surface area contributed by atoms with Crippen molar-refractivity contribution >= 4 is 12.4 Å². The first-order chi connectivity index (χ1) is 10.6. The highest BCUT2D eigenvalue weighted by molar-refractivity contribution is 5.85. The van der Waals surface area contributed by atoms with Gasteiger partial charge < -0.3 is 10.3 Å². The van der Waals surface area contributed by atoms with Gasteiger partial charge in [0.2, 0.25) is 5.89 Å². The van der Waals surface area contributed by atoms with Crippen molar-refractivity contribution in [1.29, 1.82) is 0 Å². The van der Waals surface area contributed by atoms with Crippen LogP contribution in [0.25, 0.3) is 0 Å². The summed E-state index contributed by atoms with van der Waals surface area (Å²) in [6.07, 6.45) is 4.14. The molecule has 23 heavy (non-hydrogen) atoms. The number of hydrogen-bond donors (Lipinski definition) is 1. The van der Waals surface area contributed by atoms with E-state index in [1.165, 1.54) is 0 Å². The van der Waals surface area contributed by atoms with E-state index in [4.69, 9.17) is 10.3 Å². The molecular formula is C17H25ClN4O. The Kier molecular flexibility index (Phi) is 5.79. The molecule has 0 saturated heterocycles. The third kappa shape index (κ3) is 3.57. The zero-order chi connectivity index (χ0) is 15.6. The summed E-state index contributed by atoms with van der Waals surface area (Å²) in [5.74, 6) is 1.28. The van der Waals surface area contributed by atoms with Crippen LogP contribution >= 0.6 is 12.4 Å². The van der Waals surface area contributed by atoms with Gasteiger partial charge in [0.15, 0.2) is 5.82 Å². The number of halogens is 1. The molecule has 1 saturated carbocycles. The van der Waals surface area contributed by atoms with E-state index in [0.717, 1.165) is 37.8 Å². The molecule has 0 radical (unpaired) electrons. The number of hydrogen-bond acceptors (Lipinski definition) is 5. The number of nitrogens with two attached hydrogens (primary N) is 1. The summed E-state index contributed by atoms with van der Waals surface area (Å²) in [7, 11) is 2.06. The quantitative estimate of drug-likeness (QED) is 0.907. The molecule has 5 nitrogen and oxygen atoms in total. The van der Waals surface area contributed by atoms with Crippen LogP contribution < -0.4 is 5.73 Å². The molecule has 0 aliphatic heterocycles. The summed E-state index contributed by atoms with van der Waals surface area (Å²) < 4.78 is 5.60. The molecule has 1 atom stereocenters. The molecule has 1 aliphatic carbocycles. The Labute approximate surface area is 143 Å². The van der Waals surface area contributed by atoms with Crippen molar-refractivity contribution < 1.29 is 4.52 Å². The molecule has 1 aliphatic rings. The summed E-state index contributed by atoms with van der Waals surface area (Å²) in [6, 6.07) is 10.2. The number of aromatic nitrogens is 2. The number of nitrogens with zero attached hydrogens (tertiary/aromatic N) is 3. The first kappa shape index (κ1) is 17.9. The monoisotopic (exact) mass is 336 g/mol. The third-order valence-corrected chi connectivity index (χ3v) is 4.67. The Bertz CT molecular complexity index is 610. The molecule has 2 aromatic rings. The minimum Gasteiger partial charge on any atom is -0.337 e. The van der Waals surface area contributed by atoms with Crippen LogP contribution in [0, 0.1) is 0 Å². The molecule has 1 heterocycles. The maximum atomic E-state index is 6.44. The predicted molar refractivity (Wildman–Crippen MR) is 92.5 cm³/mol. The molecule has 1 fully saturated rings. The van der Waals surface area contributed by atoms with Crippen molar-refractivity contribution in [2.75, 3.05) is 13.6 Å². The van der Waals surface area contributed by atoms with Gasteiger partial charge >= 0.3 is 0 Å². The summed E-state index contributed by atoms with van der Waals surface area (Å²) in [6.45, 7) is 3.01. The van der Waals surface area contributed by atoms with Gasteiger partial charge in [0, 0.05) is 0 Å². The van der Waals surface area contributed by atoms with Crippen LogP contribution in [0.15, 0.2) is 34.9 Å². The third-order valence-electron chi connectivity index (χ3n) is 4.67. The second-order valence-electron chi connectivity index (χ2n) is 6.21. The summed E-state index contributed by atoms with van der Waals surface area (Å²) in [5.41, 5.74) is 7.19. The van der Waals surface area contributed by atoms with E-state index >= 15 is 0 Å². The number of rotatable bonds is 5. The van der Waals surface area contributed by atoms with Gasteiger partial charge in [-0.1, -0.05) is 55.3 Å². The molecule has 1 aromatic carbocycles. The molecule has 0 bridgehead atoms. The van der Waals surface area contributed by atoms with E-state index in [0.29, 0.717) is 11.7 Å². The van der Waals surface area contributed by atoms with E-state index < -0.39 is 5.54 Å². The fourth-order valence-corrected chi connectivity index (χ4v) is 3.18. The smallest absolute Gasteiger partial charge is 0.248 e. The van der Waals surface area contributed by atoms with Crippen molar-refractivity contribution in [3.8, 4) is 0 Å². The van der Waals surface area contributed by atoms with E-state index in [-0.39, 0.29) is 18.4 Å². The van der Waals surface area contributed by atoms with Gasteiger partial charge in [-0.3, -0.25) is 4.90 Å². The van der Waals surface area contributed by atoms with Gasteiger partial charge in [-0.05, 0) is 32.0 Å². The predicted octanol–water partition coefficient (Wildman–Crippen LogP) is 3.26. The van der Waals surface area contributed by atoms with Crippen LogP contribution in [-0.2, 0) is 5.54 Å². The second kappa shape index (κ2) is 7.43. The zero-order valence-corrected chi connectivity index (χ0v) is 14.6.